The lowest BCUT2D eigenvalue weighted by Gasteiger charge is -2.09. The van der Waals surface area contributed by atoms with Crippen molar-refractivity contribution in [3.63, 3.8) is 0 Å². The van der Waals surface area contributed by atoms with Gasteiger partial charge in [0.2, 0.25) is 0 Å². The van der Waals surface area contributed by atoms with Gasteiger partial charge in [0.25, 0.3) is 0 Å². The van der Waals surface area contributed by atoms with Crippen LogP contribution in [-0.2, 0) is 6.54 Å². The van der Waals surface area contributed by atoms with Crippen LogP contribution in [0, 0.1) is 6.92 Å². The average molecular weight is 318 g/mol. The summed E-state index contributed by atoms with van der Waals surface area (Å²) in [6, 6.07) is 2.00. The van der Waals surface area contributed by atoms with E-state index in [1.54, 1.807) is 12.4 Å². The standard InChI is InChI=1S/C13H12BrN5/c1-9-2-3-15-6-10(9)7-17-12-13-16-4-5-19(13)8-11(14)18-12/h2-6,8H,7H2,1H3,(H,17,18). The van der Waals surface area contributed by atoms with Crippen LogP contribution >= 0.6 is 15.9 Å². The third kappa shape index (κ3) is 2.44. The number of hydrogen-bond acceptors (Lipinski definition) is 4. The number of rotatable bonds is 3. The van der Waals surface area contributed by atoms with Crippen molar-refractivity contribution in [1.82, 2.24) is 19.4 Å². The Morgan fingerprint density at radius 1 is 1.37 bits per heavy atom. The zero-order valence-corrected chi connectivity index (χ0v) is 11.9. The Hall–Kier alpha value is -1.95. The minimum absolute atomic E-state index is 0.672. The molecule has 0 atom stereocenters. The summed E-state index contributed by atoms with van der Waals surface area (Å²) < 4.78 is 2.69. The molecule has 0 bridgehead atoms. The molecule has 3 rings (SSSR count). The van der Waals surface area contributed by atoms with Crippen LogP contribution in [0.4, 0.5) is 5.82 Å². The van der Waals surface area contributed by atoms with Gasteiger partial charge in [-0.25, -0.2) is 9.97 Å². The van der Waals surface area contributed by atoms with Crippen LogP contribution in [0.3, 0.4) is 0 Å². The van der Waals surface area contributed by atoms with E-state index in [0.29, 0.717) is 6.54 Å². The minimum atomic E-state index is 0.672. The van der Waals surface area contributed by atoms with E-state index in [4.69, 9.17) is 0 Å². The van der Waals surface area contributed by atoms with E-state index in [0.717, 1.165) is 21.6 Å². The zero-order valence-electron chi connectivity index (χ0n) is 10.3. The highest BCUT2D eigenvalue weighted by atomic mass is 79.9. The summed E-state index contributed by atoms with van der Waals surface area (Å²) in [4.78, 5) is 12.9. The molecule has 96 valence electrons. The van der Waals surface area contributed by atoms with Gasteiger partial charge in [0.15, 0.2) is 11.5 Å². The van der Waals surface area contributed by atoms with Gasteiger partial charge in [-0.15, -0.1) is 0 Å². The van der Waals surface area contributed by atoms with Crippen LogP contribution in [0.25, 0.3) is 5.65 Å². The number of nitrogens with one attached hydrogen (secondary N) is 1. The fourth-order valence-corrected chi connectivity index (χ4v) is 2.28. The van der Waals surface area contributed by atoms with Crippen molar-refractivity contribution in [2.45, 2.75) is 13.5 Å². The first-order valence-electron chi connectivity index (χ1n) is 5.86. The molecule has 0 radical (unpaired) electrons. The number of anilines is 1. The Morgan fingerprint density at radius 3 is 3.11 bits per heavy atom. The number of nitrogens with zero attached hydrogens (tertiary/aromatic N) is 4. The fourth-order valence-electron chi connectivity index (χ4n) is 1.88. The predicted octanol–water partition coefficient (Wildman–Crippen LogP) is 2.81. The summed E-state index contributed by atoms with van der Waals surface area (Å²) in [5.41, 5.74) is 3.16. The number of aromatic nitrogens is 4. The van der Waals surface area contributed by atoms with Crippen molar-refractivity contribution in [1.29, 1.82) is 0 Å². The molecule has 0 saturated heterocycles. The lowest BCUT2D eigenvalue weighted by Crippen LogP contribution is -2.05. The molecule has 0 fully saturated rings. The van der Waals surface area contributed by atoms with Crippen molar-refractivity contribution >= 4 is 27.4 Å². The maximum Gasteiger partial charge on any atom is 0.180 e. The largest absolute Gasteiger partial charge is 0.363 e. The van der Waals surface area contributed by atoms with Crippen LogP contribution in [0.15, 0.2) is 41.7 Å². The number of imidazole rings is 1. The first kappa shape index (κ1) is 12.1. The number of halogens is 1. The lowest BCUT2D eigenvalue weighted by molar-refractivity contribution is 1.03. The normalized spacial score (nSPS) is 10.8. The maximum absolute atomic E-state index is 4.42. The third-order valence-corrected chi connectivity index (χ3v) is 3.32. The highest BCUT2D eigenvalue weighted by Crippen LogP contribution is 2.18. The number of hydrogen-bond donors (Lipinski definition) is 1. The van der Waals surface area contributed by atoms with Crippen molar-refractivity contribution in [2.24, 2.45) is 0 Å². The molecule has 0 aliphatic rings. The minimum Gasteiger partial charge on any atom is -0.363 e. The summed E-state index contributed by atoms with van der Waals surface area (Å²) in [6.07, 6.45) is 9.18. The van der Waals surface area contributed by atoms with E-state index in [2.05, 4.69) is 43.1 Å². The van der Waals surface area contributed by atoms with Crippen molar-refractivity contribution in [2.75, 3.05) is 5.32 Å². The Kier molecular flexibility index (Phi) is 3.16. The average Bonchev–Trinajstić information content (AvgIpc) is 2.85. The summed E-state index contributed by atoms with van der Waals surface area (Å²) in [5.74, 6) is 0.752. The van der Waals surface area contributed by atoms with Gasteiger partial charge >= 0.3 is 0 Å². The Balaban J connectivity index is 1.90. The molecular formula is C13H12BrN5. The topological polar surface area (TPSA) is 55.1 Å². The molecule has 0 aliphatic heterocycles. The van der Waals surface area contributed by atoms with Crippen LogP contribution in [0.2, 0.25) is 0 Å². The summed E-state index contributed by atoms with van der Waals surface area (Å²) in [6.45, 7) is 2.74. The second kappa shape index (κ2) is 4.97. The second-order valence-corrected chi connectivity index (χ2v) is 5.04. The van der Waals surface area contributed by atoms with Gasteiger partial charge in [0.1, 0.15) is 4.60 Å². The first-order valence-corrected chi connectivity index (χ1v) is 6.66. The molecule has 1 N–H and O–H groups in total. The highest BCUT2D eigenvalue weighted by molar-refractivity contribution is 9.10. The van der Waals surface area contributed by atoms with Gasteiger partial charge in [0.05, 0.1) is 0 Å². The molecule has 19 heavy (non-hydrogen) atoms. The maximum atomic E-state index is 4.42. The molecule has 5 nitrogen and oxygen atoms in total. The van der Waals surface area contributed by atoms with E-state index in [-0.39, 0.29) is 0 Å². The van der Waals surface area contributed by atoms with Crippen molar-refractivity contribution in [3.8, 4) is 0 Å². The molecule has 0 amide bonds. The molecule has 0 unspecified atom stereocenters. The predicted molar refractivity (Wildman–Crippen MR) is 77.0 cm³/mol. The van der Waals surface area contributed by atoms with Gasteiger partial charge < -0.3 is 9.72 Å². The van der Waals surface area contributed by atoms with Crippen LogP contribution in [0.5, 0.6) is 0 Å². The molecular weight excluding hydrogens is 306 g/mol. The van der Waals surface area contributed by atoms with E-state index < -0.39 is 0 Å². The second-order valence-electron chi connectivity index (χ2n) is 4.23. The molecule has 0 spiro atoms. The zero-order chi connectivity index (χ0) is 13.2. The van der Waals surface area contributed by atoms with Gasteiger partial charge in [-0.3, -0.25) is 4.98 Å². The molecule has 3 aromatic rings. The van der Waals surface area contributed by atoms with E-state index in [9.17, 15) is 0 Å². The summed E-state index contributed by atoms with van der Waals surface area (Å²) in [7, 11) is 0. The summed E-state index contributed by atoms with van der Waals surface area (Å²) >= 11 is 3.40. The highest BCUT2D eigenvalue weighted by Gasteiger charge is 2.06. The Bertz CT molecular complexity index is 722. The molecule has 0 aliphatic carbocycles. The van der Waals surface area contributed by atoms with Crippen LogP contribution in [-0.4, -0.2) is 19.4 Å². The van der Waals surface area contributed by atoms with Crippen molar-refractivity contribution < 1.29 is 0 Å². The van der Waals surface area contributed by atoms with Crippen LogP contribution < -0.4 is 5.32 Å². The van der Waals surface area contributed by atoms with Gasteiger partial charge in [-0.2, -0.15) is 0 Å². The SMILES string of the molecule is Cc1ccncc1CNc1nc(Br)cn2ccnc12. The van der Waals surface area contributed by atoms with Gasteiger partial charge in [-0.05, 0) is 40.0 Å². The molecule has 0 aromatic carbocycles. The monoisotopic (exact) mass is 317 g/mol. The number of aryl methyl sites for hydroxylation is 1. The molecule has 6 heteroatoms. The van der Waals surface area contributed by atoms with E-state index >= 15 is 0 Å². The lowest BCUT2D eigenvalue weighted by atomic mass is 10.1. The van der Waals surface area contributed by atoms with Gasteiger partial charge in [-0.1, -0.05) is 0 Å². The molecule has 3 aromatic heterocycles. The van der Waals surface area contributed by atoms with E-state index in [1.165, 1.54) is 5.56 Å². The third-order valence-electron chi connectivity index (χ3n) is 2.94. The van der Waals surface area contributed by atoms with Gasteiger partial charge in [0, 0.05) is 37.5 Å². The van der Waals surface area contributed by atoms with Crippen molar-refractivity contribution in [3.05, 3.63) is 52.8 Å². The Labute approximate surface area is 118 Å². The molecule has 3 heterocycles. The fraction of sp³-hybridized carbons (Fsp3) is 0.154. The quantitative estimate of drug-likeness (QED) is 0.807. The van der Waals surface area contributed by atoms with Crippen LogP contribution in [0.1, 0.15) is 11.1 Å². The summed E-state index contributed by atoms with van der Waals surface area (Å²) in [5, 5.41) is 3.31. The number of pyridine rings is 1. The number of fused-ring (bicyclic) bond motifs is 1. The Morgan fingerprint density at radius 2 is 2.26 bits per heavy atom. The smallest absolute Gasteiger partial charge is 0.180 e. The molecule has 0 saturated carbocycles. The first-order chi connectivity index (χ1) is 9.24. The van der Waals surface area contributed by atoms with E-state index in [1.807, 2.05) is 29.1 Å².